The van der Waals surface area contributed by atoms with E-state index in [0.717, 1.165) is 16.7 Å². The number of aliphatic hydroxyl groups is 1. The molecule has 11 heteroatoms. The van der Waals surface area contributed by atoms with Gasteiger partial charge in [-0.1, -0.05) is 23.4 Å². The summed E-state index contributed by atoms with van der Waals surface area (Å²) in [5.41, 5.74) is 3.51. The predicted molar refractivity (Wildman–Crippen MR) is 129 cm³/mol. The van der Waals surface area contributed by atoms with Crippen LogP contribution in [0.25, 0.3) is 22.8 Å². The van der Waals surface area contributed by atoms with Crippen molar-refractivity contribution in [2.75, 3.05) is 12.8 Å². The summed E-state index contributed by atoms with van der Waals surface area (Å²) in [7, 11) is -2.20. The molecule has 10 nitrogen and oxygen atoms in total. The van der Waals surface area contributed by atoms with Gasteiger partial charge in [0.2, 0.25) is 15.8 Å². The first-order chi connectivity index (χ1) is 16.7. The van der Waals surface area contributed by atoms with Gasteiger partial charge in [0.15, 0.2) is 0 Å². The van der Waals surface area contributed by atoms with Gasteiger partial charge in [0.05, 0.1) is 11.7 Å². The first-order valence-corrected chi connectivity index (χ1v) is 12.9. The number of aliphatic hydroxyl groups excluding tert-OH is 1. The van der Waals surface area contributed by atoms with Crippen LogP contribution in [0.15, 0.2) is 40.9 Å². The third-order valence-electron chi connectivity index (χ3n) is 5.68. The molecule has 184 valence electrons. The smallest absolute Gasteiger partial charge is 0.258 e. The highest BCUT2D eigenvalue weighted by atomic mass is 32.2. The number of fused-ring (bicyclic) bond motifs is 1. The second-order valence-electron chi connectivity index (χ2n) is 8.58. The quantitative estimate of drug-likeness (QED) is 0.379. The summed E-state index contributed by atoms with van der Waals surface area (Å²) in [6, 6.07) is 12.4. The van der Waals surface area contributed by atoms with E-state index in [1.165, 1.54) is 7.05 Å². The average Bonchev–Trinajstić information content (AvgIpc) is 3.46. The first-order valence-electron chi connectivity index (χ1n) is 11.2. The van der Waals surface area contributed by atoms with Gasteiger partial charge in [-0.2, -0.15) is 10.2 Å². The van der Waals surface area contributed by atoms with Gasteiger partial charge in [-0.3, -0.25) is 5.32 Å². The number of nitriles is 1. The summed E-state index contributed by atoms with van der Waals surface area (Å²) in [5, 5.41) is 25.8. The van der Waals surface area contributed by atoms with E-state index in [-0.39, 0.29) is 12.0 Å². The third-order valence-corrected chi connectivity index (χ3v) is 7.08. The lowest BCUT2D eigenvalue weighted by atomic mass is 10.0. The van der Waals surface area contributed by atoms with E-state index in [1.54, 1.807) is 18.2 Å². The Hall–Kier alpha value is -3.30. The van der Waals surface area contributed by atoms with Crippen LogP contribution < -0.4 is 14.8 Å². The Balaban J connectivity index is 1.59. The summed E-state index contributed by atoms with van der Waals surface area (Å²) in [5.74, 6) is 0.700. The average molecular weight is 498 g/mol. The molecule has 3 aromatic rings. The zero-order chi connectivity index (χ0) is 25.2. The molecule has 0 radical (unpaired) electrons. The molecule has 0 saturated heterocycles. The van der Waals surface area contributed by atoms with Crippen molar-refractivity contribution in [3.05, 3.63) is 53.1 Å². The van der Waals surface area contributed by atoms with E-state index >= 15 is 0 Å². The molecule has 0 fully saturated rings. The van der Waals surface area contributed by atoms with Gasteiger partial charge in [-0.25, -0.2) is 13.1 Å². The Bertz CT molecular complexity index is 1360. The van der Waals surface area contributed by atoms with Gasteiger partial charge in [-0.05, 0) is 63.1 Å². The highest BCUT2D eigenvalue weighted by Crippen LogP contribution is 2.38. The molecule has 1 unspecified atom stereocenters. The molecule has 0 aliphatic heterocycles. The second-order valence-corrected chi connectivity index (χ2v) is 10.4. The van der Waals surface area contributed by atoms with Crippen molar-refractivity contribution in [1.29, 1.82) is 5.26 Å². The van der Waals surface area contributed by atoms with Crippen molar-refractivity contribution in [1.82, 2.24) is 20.2 Å². The molecule has 1 heterocycles. The van der Waals surface area contributed by atoms with Crippen LogP contribution in [-0.4, -0.2) is 48.8 Å². The number of aromatic nitrogens is 2. The highest BCUT2D eigenvalue weighted by molar-refractivity contribution is 7.89. The summed E-state index contributed by atoms with van der Waals surface area (Å²) < 4.78 is 38.7. The number of nitrogens with one attached hydrogen (secondary N) is 2. The van der Waals surface area contributed by atoms with Crippen molar-refractivity contribution >= 4 is 10.0 Å². The van der Waals surface area contributed by atoms with Gasteiger partial charge < -0.3 is 14.4 Å². The van der Waals surface area contributed by atoms with Crippen LogP contribution in [0.5, 0.6) is 5.75 Å². The molecule has 1 aromatic heterocycles. The largest absolute Gasteiger partial charge is 0.490 e. The number of hydrogen-bond donors (Lipinski definition) is 3. The number of ether oxygens (including phenoxy) is 1. The number of nitrogens with zero attached hydrogens (tertiary/aromatic N) is 3. The molecule has 0 saturated carbocycles. The van der Waals surface area contributed by atoms with Crippen LogP contribution in [0.2, 0.25) is 0 Å². The number of sulfonamides is 1. The molecule has 1 aliphatic rings. The number of hydrogen-bond acceptors (Lipinski definition) is 9. The lowest BCUT2D eigenvalue weighted by Crippen LogP contribution is -2.39. The van der Waals surface area contributed by atoms with Crippen LogP contribution in [0, 0.1) is 11.3 Å². The Labute approximate surface area is 204 Å². The van der Waals surface area contributed by atoms with Gasteiger partial charge in [-0.15, -0.1) is 0 Å². The fourth-order valence-corrected chi connectivity index (χ4v) is 5.46. The number of benzene rings is 2. The van der Waals surface area contributed by atoms with E-state index in [0.29, 0.717) is 35.5 Å². The topological polar surface area (TPSA) is 150 Å². The summed E-state index contributed by atoms with van der Waals surface area (Å²) in [6.07, 6.45) is 0.000906. The Kier molecular flexibility index (Phi) is 7.18. The van der Waals surface area contributed by atoms with Gasteiger partial charge in [0.1, 0.15) is 23.8 Å². The zero-order valence-electron chi connectivity index (χ0n) is 19.6. The minimum Gasteiger partial charge on any atom is -0.490 e. The van der Waals surface area contributed by atoms with Crippen molar-refractivity contribution < 1.29 is 22.8 Å². The molecular weight excluding hydrogens is 470 g/mol. The maximum Gasteiger partial charge on any atom is 0.258 e. The summed E-state index contributed by atoms with van der Waals surface area (Å²) in [4.78, 5) is 4.54. The standard InChI is InChI=1S/C24H27N5O5S/c1-14(2)33-21-10-7-15(11-16(21)12-25)24-27-23(28-34-24)19-6-4-5-18-17(19)8-9-20(18)29-35(31,32)13-22(30)26-3/h4-7,10-11,14,20,22,26,29-30H,8-9,13H2,1-3H3/t20-,22?/m1/s1. The van der Waals surface area contributed by atoms with Crippen LogP contribution in [-0.2, 0) is 16.4 Å². The van der Waals surface area contributed by atoms with Crippen molar-refractivity contribution in [2.45, 2.75) is 45.1 Å². The zero-order valence-corrected chi connectivity index (χ0v) is 20.5. The lowest BCUT2D eigenvalue weighted by molar-refractivity contribution is 0.169. The molecule has 0 spiro atoms. The molecule has 3 N–H and O–H groups in total. The normalized spacial score (nSPS) is 16.2. The predicted octanol–water partition coefficient (Wildman–Crippen LogP) is 2.51. The van der Waals surface area contributed by atoms with Crippen LogP contribution in [0.3, 0.4) is 0 Å². The van der Waals surface area contributed by atoms with Crippen LogP contribution >= 0.6 is 0 Å². The SMILES string of the molecule is CNC(O)CS(=O)(=O)N[C@@H]1CCc2c(-c3noc(-c4ccc(OC(C)C)c(C#N)c4)n3)cccc21. The van der Waals surface area contributed by atoms with Crippen LogP contribution in [0.1, 0.15) is 43.0 Å². The fourth-order valence-electron chi connectivity index (χ4n) is 4.10. The van der Waals surface area contributed by atoms with E-state index in [9.17, 15) is 18.8 Å². The Morgan fingerprint density at radius 1 is 1.31 bits per heavy atom. The van der Waals surface area contributed by atoms with Crippen molar-refractivity contribution in [3.63, 3.8) is 0 Å². The molecule has 0 bridgehead atoms. The molecule has 1 aliphatic carbocycles. The third kappa shape index (κ3) is 5.52. The van der Waals surface area contributed by atoms with E-state index < -0.39 is 28.0 Å². The van der Waals surface area contributed by atoms with E-state index in [1.807, 2.05) is 32.0 Å². The van der Waals surface area contributed by atoms with E-state index in [4.69, 9.17) is 9.26 Å². The fraction of sp³-hybridized carbons (Fsp3) is 0.375. The second kappa shape index (κ2) is 10.1. The first kappa shape index (κ1) is 24.8. The molecular formula is C24H27N5O5S. The van der Waals surface area contributed by atoms with Gasteiger partial charge in [0.25, 0.3) is 5.89 Å². The highest BCUT2D eigenvalue weighted by Gasteiger charge is 2.30. The summed E-state index contributed by atoms with van der Waals surface area (Å²) >= 11 is 0. The van der Waals surface area contributed by atoms with Crippen molar-refractivity contribution in [2.24, 2.45) is 0 Å². The number of rotatable bonds is 9. The maximum absolute atomic E-state index is 12.4. The molecule has 35 heavy (non-hydrogen) atoms. The minimum atomic E-state index is -3.70. The monoisotopic (exact) mass is 497 g/mol. The maximum atomic E-state index is 12.4. The Morgan fingerprint density at radius 2 is 2.11 bits per heavy atom. The van der Waals surface area contributed by atoms with Crippen molar-refractivity contribution in [3.8, 4) is 34.7 Å². The van der Waals surface area contributed by atoms with Gasteiger partial charge in [0, 0.05) is 17.2 Å². The summed E-state index contributed by atoms with van der Waals surface area (Å²) in [6.45, 7) is 3.78. The Morgan fingerprint density at radius 3 is 2.83 bits per heavy atom. The van der Waals surface area contributed by atoms with E-state index in [2.05, 4.69) is 26.2 Å². The minimum absolute atomic E-state index is 0.0650. The molecule has 2 atom stereocenters. The molecule has 0 amide bonds. The molecule has 2 aromatic carbocycles. The molecule has 4 rings (SSSR count). The van der Waals surface area contributed by atoms with Crippen LogP contribution in [0.4, 0.5) is 0 Å². The lowest BCUT2D eigenvalue weighted by Gasteiger charge is -2.16. The van der Waals surface area contributed by atoms with Gasteiger partial charge >= 0.3 is 0 Å².